The normalized spacial score (nSPS) is 11.2. The van der Waals surface area contributed by atoms with Gasteiger partial charge in [-0.1, -0.05) is 18.2 Å². The minimum atomic E-state index is -0.332. The van der Waals surface area contributed by atoms with Gasteiger partial charge in [-0.2, -0.15) is 5.10 Å². The molecule has 0 fully saturated rings. The molecule has 0 aliphatic rings. The van der Waals surface area contributed by atoms with Crippen LogP contribution in [0.4, 0.5) is 5.69 Å². The molecule has 0 bridgehead atoms. The average Bonchev–Trinajstić information content (AvgIpc) is 3.14. The number of anilines is 1. The summed E-state index contributed by atoms with van der Waals surface area (Å²) in [5.41, 5.74) is 2.03. The Kier molecular flexibility index (Phi) is 3.04. The summed E-state index contributed by atoms with van der Waals surface area (Å²) in [5.74, 6) is 1.21. The number of H-pyrrole nitrogens is 2. The van der Waals surface area contributed by atoms with Crippen LogP contribution in [0, 0.1) is 0 Å². The van der Waals surface area contributed by atoms with Crippen LogP contribution >= 0.6 is 0 Å². The molecule has 0 amide bonds. The molecule has 7 nitrogen and oxygen atoms in total. The number of hydrogen-bond donors (Lipinski definition) is 3. The monoisotopic (exact) mass is 310 g/mol. The second-order valence-electron chi connectivity index (χ2n) is 5.12. The third-order valence-corrected chi connectivity index (χ3v) is 3.70. The van der Waals surface area contributed by atoms with Crippen LogP contribution in [-0.2, 0) is 6.54 Å². The fourth-order valence-electron chi connectivity index (χ4n) is 2.63. The van der Waals surface area contributed by atoms with Crippen LogP contribution in [0.25, 0.3) is 21.9 Å². The molecule has 0 aliphatic carbocycles. The van der Waals surface area contributed by atoms with Crippen LogP contribution in [0.15, 0.2) is 45.6 Å². The second kappa shape index (κ2) is 5.20. The van der Waals surface area contributed by atoms with E-state index in [9.17, 15) is 4.79 Å². The lowest BCUT2D eigenvalue weighted by atomic mass is 10.1. The summed E-state index contributed by atoms with van der Waals surface area (Å²) in [6.45, 7) is 0.362. The number of para-hydroxylation sites is 1. The molecule has 0 spiro atoms. The molecular formula is C16H14N4O3. The topological polar surface area (TPSA) is 95.9 Å². The summed E-state index contributed by atoms with van der Waals surface area (Å²) in [5, 5.41) is 11.4. The van der Waals surface area contributed by atoms with E-state index in [0.717, 1.165) is 27.6 Å². The molecule has 0 saturated heterocycles. The van der Waals surface area contributed by atoms with Crippen molar-refractivity contribution in [1.29, 1.82) is 0 Å². The van der Waals surface area contributed by atoms with Gasteiger partial charge >= 0.3 is 5.69 Å². The van der Waals surface area contributed by atoms with E-state index < -0.39 is 0 Å². The van der Waals surface area contributed by atoms with E-state index in [1.54, 1.807) is 7.11 Å². The summed E-state index contributed by atoms with van der Waals surface area (Å²) in [7, 11) is 1.62. The Morgan fingerprint density at radius 3 is 2.87 bits per heavy atom. The molecule has 23 heavy (non-hydrogen) atoms. The molecule has 0 radical (unpaired) electrons. The van der Waals surface area contributed by atoms with E-state index in [4.69, 9.17) is 9.15 Å². The maximum atomic E-state index is 11.1. The largest absolute Gasteiger partial charge is 0.495 e. The van der Waals surface area contributed by atoms with Gasteiger partial charge in [-0.05, 0) is 12.1 Å². The Labute approximate surface area is 130 Å². The lowest BCUT2D eigenvalue weighted by Crippen LogP contribution is -2.05. The quantitative estimate of drug-likeness (QED) is 0.538. The molecule has 2 heterocycles. The Morgan fingerprint density at radius 1 is 1.22 bits per heavy atom. The number of aromatic amines is 2. The number of rotatable bonds is 4. The van der Waals surface area contributed by atoms with Gasteiger partial charge in [-0.3, -0.25) is 4.98 Å². The highest BCUT2D eigenvalue weighted by atomic mass is 16.5. The Morgan fingerprint density at radius 2 is 2.09 bits per heavy atom. The van der Waals surface area contributed by atoms with Crippen molar-refractivity contribution in [3.63, 3.8) is 0 Å². The van der Waals surface area contributed by atoms with E-state index in [-0.39, 0.29) is 5.69 Å². The lowest BCUT2D eigenvalue weighted by Gasteiger charge is -2.10. The standard InChI is InChI=1S/C16H14N4O3/c1-22-14-6-10-9-4-2-3-5-12(9)23-13(10)7-11(14)17-8-15-18-16(21)20-19-15/h2-7,17H,8H2,1H3,(H2,18,19,20,21). The highest BCUT2D eigenvalue weighted by Crippen LogP contribution is 2.36. The summed E-state index contributed by atoms with van der Waals surface area (Å²) in [4.78, 5) is 13.7. The molecule has 3 N–H and O–H groups in total. The van der Waals surface area contributed by atoms with Crippen LogP contribution in [0.2, 0.25) is 0 Å². The van der Waals surface area contributed by atoms with E-state index in [2.05, 4.69) is 20.5 Å². The first-order valence-electron chi connectivity index (χ1n) is 7.11. The second-order valence-corrected chi connectivity index (χ2v) is 5.12. The molecule has 0 aliphatic heterocycles. The minimum Gasteiger partial charge on any atom is -0.495 e. The van der Waals surface area contributed by atoms with Crippen molar-refractivity contribution in [2.24, 2.45) is 0 Å². The van der Waals surface area contributed by atoms with Crippen molar-refractivity contribution in [2.45, 2.75) is 6.54 Å². The highest BCUT2D eigenvalue weighted by Gasteiger charge is 2.12. The molecule has 7 heteroatoms. The number of nitrogens with one attached hydrogen (secondary N) is 3. The highest BCUT2D eigenvalue weighted by molar-refractivity contribution is 6.06. The van der Waals surface area contributed by atoms with Crippen molar-refractivity contribution in [3.8, 4) is 5.75 Å². The lowest BCUT2D eigenvalue weighted by molar-refractivity contribution is 0.417. The third-order valence-electron chi connectivity index (χ3n) is 3.70. The van der Waals surface area contributed by atoms with E-state index in [1.165, 1.54) is 0 Å². The fraction of sp³-hybridized carbons (Fsp3) is 0.125. The first-order valence-corrected chi connectivity index (χ1v) is 7.11. The first kappa shape index (κ1) is 13.4. The maximum Gasteiger partial charge on any atom is 0.340 e. The van der Waals surface area contributed by atoms with Gasteiger partial charge in [0.25, 0.3) is 0 Å². The number of fused-ring (bicyclic) bond motifs is 3. The third kappa shape index (κ3) is 2.32. The van der Waals surface area contributed by atoms with Crippen molar-refractivity contribution in [3.05, 3.63) is 52.7 Å². The van der Waals surface area contributed by atoms with Crippen LogP contribution in [0.5, 0.6) is 5.75 Å². The number of nitrogens with zero attached hydrogens (tertiary/aromatic N) is 1. The first-order chi connectivity index (χ1) is 11.2. The number of methoxy groups -OCH3 is 1. The van der Waals surface area contributed by atoms with Gasteiger partial charge in [0.1, 0.15) is 22.7 Å². The molecule has 4 aromatic rings. The van der Waals surface area contributed by atoms with Crippen LogP contribution in [0.3, 0.4) is 0 Å². The Balaban J connectivity index is 1.76. The van der Waals surface area contributed by atoms with Crippen LogP contribution in [-0.4, -0.2) is 22.3 Å². The van der Waals surface area contributed by atoms with E-state index >= 15 is 0 Å². The van der Waals surface area contributed by atoms with Gasteiger partial charge in [0.05, 0.1) is 19.3 Å². The van der Waals surface area contributed by atoms with Crippen molar-refractivity contribution >= 4 is 27.6 Å². The van der Waals surface area contributed by atoms with Gasteiger partial charge in [0.2, 0.25) is 0 Å². The fourth-order valence-corrected chi connectivity index (χ4v) is 2.63. The van der Waals surface area contributed by atoms with Crippen LogP contribution < -0.4 is 15.7 Å². The zero-order chi connectivity index (χ0) is 15.8. The molecule has 4 rings (SSSR count). The number of furan rings is 1. The maximum absolute atomic E-state index is 11.1. The smallest absolute Gasteiger partial charge is 0.340 e. The zero-order valence-corrected chi connectivity index (χ0v) is 12.3. The summed E-state index contributed by atoms with van der Waals surface area (Å²) in [6, 6.07) is 11.7. The minimum absolute atomic E-state index is 0.332. The molecular weight excluding hydrogens is 296 g/mol. The summed E-state index contributed by atoms with van der Waals surface area (Å²) < 4.78 is 11.3. The van der Waals surface area contributed by atoms with Crippen LogP contribution in [0.1, 0.15) is 5.82 Å². The predicted octanol–water partition coefficient (Wildman–Crippen LogP) is 2.62. The predicted molar refractivity (Wildman–Crippen MR) is 86.8 cm³/mol. The Hall–Kier alpha value is -3.22. The van der Waals surface area contributed by atoms with Crippen molar-refractivity contribution < 1.29 is 9.15 Å². The molecule has 2 aromatic carbocycles. The molecule has 116 valence electrons. The van der Waals surface area contributed by atoms with Gasteiger partial charge < -0.3 is 14.5 Å². The van der Waals surface area contributed by atoms with Gasteiger partial charge in [0, 0.05) is 16.8 Å². The molecule has 2 aromatic heterocycles. The average molecular weight is 310 g/mol. The molecule has 0 atom stereocenters. The molecule has 0 unspecified atom stereocenters. The summed E-state index contributed by atoms with van der Waals surface area (Å²) in [6.07, 6.45) is 0. The van der Waals surface area contributed by atoms with Gasteiger partial charge in [-0.15, -0.1) is 0 Å². The SMILES string of the molecule is COc1cc2c(cc1NCc1n[nH]c(=O)[nH]1)oc1ccccc12. The number of hydrogen-bond acceptors (Lipinski definition) is 5. The van der Waals surface area contributed by atoms with Gasteiger partial charge in [0.15, 0.2) is 0 Å². The van der Waals surface area contributed by atoms with E-state index in [0.29, 0.717) is 18.1 Å². The van der Waals surface area contributed by atoms with Crippen molar-refractivity contribution in [2.75, 3.05) is 12.4 Å². The summed E-state index contributed by atoms with van der Waals surface area (Å²) >= 11 is 0. The van der Waals surface area contributed by atoms with Gasteiger partial charge in [-0.25, -0.2) is 9.89 Å². The number of ether oxygens (including phenoxy) is 1. The molecule has 0 saturated carbocycles. The number of benzene rings is 2. The van der Waals surface area contributed by atoms with E-state index in [1.807, 2.05) is 36.4 Å². The number of aromatic nitrogens is 3. The zero-order valence-electron chi connectivity index (χ0n) is 12.3. The van der Waals surface area contributed by atoms with Crippen molar-refractivity contribution in [1.82, 2.24) is 15.2 Å². The Bertz CT molecular complexity index is 1040.